The van der Waals surface area contributed by atoms with Gasteiger partial charge in [-0.25, -0.2) is 0 Å². The average molecular weight is 346 g/mol. The first-order valence-corrected chi connectivity index (χ1v) is 7.30. The number of ether oxygens (including phenoxy) is 5. The minimum Gasteiger partial charge on any atom is -0.463 e. The second-order valence-electron chi connectivity index (χ2n) is 5.10. The molecule has 9 heteroatoms. The zero-order chi connectivity index (χ0) is 18.3. The zero-order valence-corrected chi connectivity index (χ0v) is 13.8. The van der Waals surface area contributed by atoms with Crippen LogP contribution in [0.4, 0.5) is 0 Å². The van der Waals surface area contributed by atoms with E-state index >= 15 is 0 Å². The van der Waals surface area contributed by atoms with Crippen LogP contribution in [-0.4, -0.2) is 66.9 Å². The molecule has 1 saturated heterocycles. The predicted molar refractivity (Wildman–Crippen MR) is 78.6 cm³/mol. The van der Waals surface area contributed by atoms with Crippen molar-refractivity contribution in [3.63, 3.8) is 0 Å². The Bertz CT molecular complexity index is 476. The zero-order valence-electron chi connectivity index (χ0n) is 13.8. The molecule has 136 valence electrons. The summed E-state index contributed by atoms with van der Waals surface area (Å²) in [6, 6.07) is 0. The molecule has 0 amide bonds. The van der Waals surface area contributed by atoms with Crippen LogP contribution < -0.4 is 0 Å². The first-order valence-electron chi connectivity index (χ1n) is 7.30. The van der Waals surface area contributed by atoms with Crippen LogP contribution >= 0.6 is 0 Å². The fourth-order valence-corrected chi connectivity index (χ4v) is 2.25. The van der Waals surface area contributed by atoms with E-state index in [1.807, 2.05) is 0 Å². The molecule has 1 aliphatic heterocycles. The van der Waals surface area contributed by atoms with Crippen molar-refractivity contribution >= 4 is 17.9 Å². The fourth-order valence-electron chi connectivity index (χ4n) is 2.25. The molecule has 0 spiro atoms. The summed E-state index contributed by atoms with van der Waals surface area (Å²) in [5.41, 5.74) is 0. The van der Waals surface area contributed by atoms with Crippen molar-refractivity contribution in [1.82, 2.24) is 0 Å². The largest absolute Gasteiger partial charge is 0.463 e. The molecule has 1 N–H and O–H groups in total. The number of rotatable bonds is 7. The molecule has 0 aromatic heterocycles. The highest BCUT2D eigenvalue weighted by Gasteiger charge is 2.50. The predicted octanol–water partition coefficient (Wildman–Crippen LogP) is -0.299. The van der Waals surface area contributed by atoms with Crippen LogP contribution in [-0.2, 0) is 38.1 Å². The third kappa shape index (κ3) is 5.91. The Morgan fingerprint density at radius 2 is 1.62 bits per heavy atom. The number of carbonyl (C=O) groups excluding carboxylic acids is 3. The lowest BCUT2D eigenvalue weighted by molar-refractivity contribution is -0.299. The molecule has 0 saturated carbocycles. The highest BCUT2D eigenvalue weighted by atomic mass is 16.7. The number of hydrogen-bond acceptors (Lipinski definition) is 9. The first kappa shape index (κ1) is 20.1. The minimum atomic E-state index is -1.55. The van der Waals surface area contributed by atoms with Crippen molar-refractivity contribution in [1.29, 1.82) is 0 Å². The average Bonchev–Trinajstić information content (AvgIpc) is 2.47. The van der Waals surface area contributed by atoms with Crippen LogP contribution in [0.2, 0.25) is 0 Å². The van der Waals surface area contributed by atoms with Crippen molar-refractivity contribution in [3.8, 4) is 0 Å². The fraction of sp³-hybridized carbons (Fsp3) is 0.667. The van der Waals surface area contributed by atoms with Gasteiger partial charge in [-0.2, -0.15) is 0 Å². The quantitative estimate of drug-likeness (QED) is 0.376. The van der Waals surface area contributed by atoms with Crippen LogP contribution in [0.3, 0.4) is 0 Å². The molecule has 0 unspecified atom stereocenters. The maximum atomic E-state index is 11.4. The van der Waals surface area contributed by atoms with Gasteiger partial charge >= 0.3 is 17.9 Å². The maximum absolute atomic E-state index is 11.4. The van der Waals surface area contributed by atoms with Gasteiger partial charge in [0.05, 0.1) is 6.61 Å². The summed E-state index contributed by atoms with van der Waals surface area (Å²) in [5.74, 6) is -1.88. The highest BCUT2D eigenvalue weighted by Crippen LogP contribution is 2.28. The lowest BCUT2D eigenvalue weighted by atomic mass is 9.98. The molecular weight excluding hydrogens is 324 g/mol. The minimum absolute atomic E-state index is 0.0488. The van der Waals surface area contributed by atoms with Crippen molar-refractivity contribution in [2.75, 3.05) is 13.2 Å². The third-order valence-electron chi connectivity index (χ3n) is 3.07. The van der Waals surface area contributed by atoms with Gasteiger partial charge in [-0.05, 0) is 0 Å². The van der Waals surface area contributed by atoms with Gasteiger partial charge < -0.3 is 28.8 Å². The molecule has 0 bridgehead atoms. The van der Waals surface area contributed by atoms with E-state index in [0.717, 1.165) is 6.92 Å². The maximum Gasteiger partial charge on any atom is 0.303 e. The van der Waals surface area contributed by atoms with Gasteiger partial charge in [0.2, 0.25) is 0 Å². The topological polar surface area (TPSA) is 118 Å². The molecule has 0 aromatic rings. The summed E-state index contributed by atoms with van der Waals surface area (Å²) in [6.45, 7) is 6.82. The van der Waals surface area contributed by atoms with E-state index in [1.54, 1.807) is 0 Å². The second kappa shape index (κ2) is 9.36. The van der Waals surface area contributed by atoms with E-state index in [9.17, 15) is 19.5 Å². The summed E-state index contributed by atoms with van der Waals surface area (Å²) >= 11 is 0. The standard InChI is InChI=1S/C15H22O9/c1-5-6-20-13-12(22-9(3)17)11(7-21-8(2)16)24-15(19)14(13)23-10(4)18/h5,11-15,19H,1,6-7H2,2-4H3/t11-,12+,13-,14-,15+/m0/s1. The number of aliphatic hydroxyl groups excluding tert-OH is 1. The Labute approximate surface area is 139 Å². The Morgan fingerprint density at radius 3 is 2.12 bits per heavy atom. The van der Waals surface area contributed by atoms with Gasteiger partial charge in [-0.1, -0.05) is 6.08 Å². The van der Waals surface area contributed by atoms with E-state index in [1.165, 1.54) is 19.9 Å². The Hall–Kier alpha value is -1.97. The van der Waals surface area contributed by atoms with E-state index in [2.05, 4.69) is 6.58 Å². The van der Waals surface area contributed by atoms with E-state index < -0.39 is 48.6 Å². The lowest BCUT2D eigenvalue weighted by Gasteiger charge is -2.43. The summed E-state index contributed by atoms with van der Waals surface area (Å²) in [7, 11) is 0. The number of hydrogen-bond donors (Lipinski definition) is 1. The molecule has 1 fully saturated rings. The van der Waals surface area contributed by atoms with Crippen molar-refractivity contribution in [2.45, 2.75) is 51.5 Å². The first-order chi connectivity index (χ1) is 11.3. The molecule has 0 radical (unpaired) electrons. The van der Waals surface area contributed by atoms with Crippen LogP contribution in [0, 0.1) is 0 Å². The highest BCUT2D eigenvalue weighted by molar-refractivity contribution is 5.67. The van der Waals surface area contributed by atoms with Crippen molar-refractivity contribution in [2.24, 2.45) is 0 Å². The van der Waals surface area contributed by atoms with E-state index in [4.69, 9.17) is 23.7 Å². The molecule has 1 rings (SSSR count). The normalized spacial score (nSPS) is 29.4. The number of esters is 3. The SMILES string of the molecule is C=CCO[C@@H]1[C@H](OC(C)=O)[C@H](O)O[C@@H](COC(C)=O)[C@H]1OC(C)=O. The lowest BCUT2D eigenvalue weighted by Crippen LogP contribution is -2.62. The smallest absolute Gasteiger partial charge is 0.303 e. The van der Waals surface area contributed by atoms with Crippen LogP contribution in [0.15, 0.2) is 12.7 Å². The van der Waals surface area contributed by atoms with Crippen LogP contribution in [0.5, 0.6) is 0 Å². The second-order valence-corrected chi connectivity index (χ2v) is 5.10. The van der Waals surface area contributed by atoms with Crippen molar-refractivity contribution < 1.29 is 43.2 Å². The third-order valence-corrected chi connectivity index (χ3v) is 3.07. The van der Waals surface area contributed by atoms with Crippen LogP contribution in [0.1, 0.15) is 20.8 Å². The monoisotopic (exact) mass is 346 g/mol. The molecule has 5 atom stereocenters. The number of aliphatic hydroxyl groups is 1. The molecule has 24 heavy (non-hydrogen) atoms. The summed E-state index contributed by atoms with van der Waals surface area (Å²) < 4.78 is 25.9. The van der Waals surface area contributed by atoms with Gasteiger partial charge in [-0.15, -0.1) is 6.58 Å². The van der Waals surface area contributed by atoms with Gasteiger partial charge in [0, 0.05) is 20.8 Å². The van der Waals surface area contributed by atoms with E-state index in [0.29, 0.717) is 0 Å². The van der Waals surface area contributed by atoms with Gasteiger partial charge in [0.15, 0.2) is 18.5 Å². The summed E-state index contributed by atoms with van der Waals surface area (Å²) in [6.07, 6.45) is -4.40. The van der Waals surface area contributed by atoms with Crippen molar-refractivity contribution in [3.05, 3.63) is 12.7 Å². The Morgan fingerprint density at radius 1 is 1.04 bits per heavy atom. The van der Waals surface area contributed by atoms with E-state index in [-0.39, 0.29) is 13.2 Å². The Balaban J connectivity index is 3.05. The van der Waals surface area contributed by atoms with Gasteiger partial charge in [0.25, 0.3) is 0 Å². The van der Waals surface area contributed by atoms with Gasteiger partial charge in [-0.3, -0.25) is 14.4 Å². The molecule has 0 aromatic carbocycles. The molecule has 1 heterocycles. The van der Waals surface area contributed by atoms with Gasteiger partial charge in [0.1, 0.15) is 18.8 Å². The molecular formula is C15H22O9. The number of carbonyl (C=O) groups is 3. The molecule has 9 nitrogen and oxygen atoms in total. The molecule has 1 aliphatic rings. The molecule has 0 aliphatic carbocycles. The summed E-state index contributed by atoms with van der Waals surface area (Å²) in [5, 5.41) is 10.1. The summed E-state index contributed by atoms with van der Waals surface area (Å²) in [4.78, 5) is 33.7. The Kier molecular flexibility index (Phi) is 7.83. The van der Waals surface area contributed by atoms with Crippen LogP contribution in [0.25, 0.3) is 0 Å².